The fraction of sp³-hybridized carbons (Fsp3) is 0.250. The zero-order chi connectivity index (χ0) is 11.6. The smallest absolute Gasteiger partial charge is 0.357 e. The van der Waals surface area contributed by atoms with Gasteiger partial charge in [0.25, 0.3) is 6.43 Å². The molecule has 0 aromatic carbocycles. The van der Waals surface area contributed by atoms with Gasteiger partial charge in [0.2, 0.25) is 5.95 Å². The molecule has 0 atom stereocenters. The zero-order valence-corrected chi connectivity index (χ0v) is 9.02. The highest BCUT2D eigenvalue weighted by molar-refractivity contribution is 9.10. The summed E-state index contributed by atoms with van der Waals surface area (Å²) in [6.45, 7) is 0. The molecule has 0 aliphatic carbocycles. The maximum Gasteiger partial charge on any atom is 0.357 e. The van der Waals surface area contributed by atoms with Gasteiger partial charge in [-0.1, -0.05) is 0 Å². The minimum Gasteiger partial charge on any atom is -0.464 e. The normalized spacial score (nSPS) is 10.5. The van der Waals surface area contributed by atoms with Crippen molar-refractivity contribution in [1.82, 2.24) is 4.98 Å². The minimum atomic E-state index is -2.90. The van der Waals surface area contributed by atoms with Gasteiger partial charge in [0.15, 0.2) is 5.69 Å². The first kappa shape index (κ1) is 12.0. The number of carbonyl (C=O) groups excluding carboxylic acids is 1. The van der Waals surface area contributed by atoms with Crippen molar-refractivity contribution in [3.05, 3.63) is 27.7 Å². The van der Waals surface area contributed by atoms with Crippen LogP contribution in [0.4, 0.5) is 13.2 Å². The molecule has 0 bridgehead atoms. The standard InChI is InChI=1S/C8H5BrF3NO2/c1-15-8(14)6-5(9)3(7(11)12)2-4(10)13-6/h2,7H,1H3. The predicted molar refractivity (Wildman–Crippen MR) is 48.2 cm³/mol. The fourth-order valence-electron chi connectivity index (χ4n) is 0.907. The van der Waals surface area contributed by atoms with Gasteiger partial charge in [-0.25, -0.2) is 18.6 Å². The van der Waals surface area contributed by atoms with E-state index in [1.54, 1.807) is 0 Å². The van der Waals surface area contributed by atoms with Crippen LogP contribution in [-0.4, -0.2) is 18.1 Å². The molecule has 0 aliphatic rings. The topological polar surface area (TPSA) is 39.2 Å². The summed E-state index contributed by atoms with van der Waals surface area (Å²) in [5.74, 6) is -2.14. The van der Waals surface area contributed by atoms with Crippen molar-refractivity contribution in [1.29, 1.82) is 0 Å². The maximum atomic E-state index is 12.8. The molecule has 0 N–H and O–H groups in total. The lowest BCUT2D eigenvalue weighted by atomic mass is 10.2. The van der Waals surface area contributed by atoms with E-state index in [1.807, 2.05) is 0 Å². The summed E-state index contributed by atoms with van der Waals surface area (Å²) in [6.07, 6.45) is -2.90. The van der Waals surface area contributed by atoms with Crippen molar-refractivity contribution in [3.63, 3.8) is 0 Å². The molecule has 0 spiro atoms. The Labute approximate surface area is 91.4 Å². The van der Waals surface area contributed by atoms with Crippen LogP contribution in [-0.2, 0) is 4.74 Å². The van der Waals surface area contributed by atoms with Gasteiger partial charge in [-0.3, -0.25) is 0 Å². The molecular formula is C8H5BrF3NO2. The van der Waals surface area contributed by atoms with Crippen LogP contribution in [0.1, 0.15) is 22.5 Å². The molecule has 0 fully saturated rings. The molecule has 0 aliphatic heterocycles. The minimum absolute atomic E-state index is 0.259. The van der Waals surface area contributed by atoms with Crippen molar-refractivity contribution in [2.75, 3.05) is 7.11 Å². The van der Waals surface area contributed by atoms with Gasteiger partial charge in [0.1, 0.15) is 0 Å². The van der Waals surface area contributed by atoms with Crippen molar-refractivity contribution >= 4 is 21.9 Å². The maximum absolute atomic E-state index is 12.8. The highest BCUT2D eigenvalue weighted by atomic mass is 79.9. The van der Waals surface area contributed by atoms with Gasteiger partial charge in [0, 0.05) is 11.6 Å². The Morgan fingerprint density at radius 3 is 2.67 bits per heavy atom. The summed E-state index contributed by atoms with van der Waals surface area (Å²) in [5.41, 5.74) is -1.14. The highest BCUT2D eigenvalue weighted by Crippen LogP contribution is 2.30. The molecule has 1 heterocycles. The van der Waals surface area contributed by atoms with E-state index in [0.717, 1.165) is 7.11 Å². The summed E-state index contributed by atoms with van der Waals surface area (Å²) in [5, 5.41) is 0. The van der Waals surface area contributed by atoms with Crippen LogP contribution >= 0.6 is 15.9 Å². The zero-order valence-electron chi connectivity index (χ0n) is 7.43. The number of hydrogen-bond acceptors (Lipinski definition) is 3. The first-order valence-electron chi connectivity index (χ1n) is 3.69. The molecule has 1 rings (SSSR count). The van der Waals surface area contributed by atoms with Crippen molar-refractivity contribution in [2.45, 2.75) is 6.43 Å². The molecule has 0 unspecified atom stereocenters. The number of halogens is 4. The summed E-state index contributed by atoms with van der Waals surface area (Å²) < 4.78 is 41.6. The van der Waals surface area contributed by atoms with Crippen LogP contribution in [0.15, 0.2) is 10.5 Å². The lowest BCUT2D eigenvalue weighted by Gasteiger charge is -2.07. The molecule has 3 nitrogen and oxygen atoms in total. The van der Waals surface area contributed by atoms with E-state index < -0.39 is 29.6 Å². The predicted octanol–water partition coefficient (Wildman–Crippen LogP) is 2.71. The molecule has 0 radical (unpaired) electrons. The van der Waals surface area contributed by atoms with E-state index in [1.165, 1.54) is 0 Å². The van der Waals surface area contributed by atoms with Crippen LogP contribution in [0.5, 0.6) is 0 Å². The van der Waals surface area contributed by atoms with Gasteiger partial charge >= 0.3 is 5.97 Å². The second-order valence-electron chi connectivity index (χ2n) is 2.49. The van der Waals surface area contributed by atoms with E-state index in [0.29, 0.717) is 6.07 Å². The molecule has 0 saturated heterocycles. The second-order valence-corrected chi connectivity index (χ2v) is 3.28. The van der Waals surface area contributed by atoms with Crippen LogP contribution in [0, 0.1) is 5.95 Å². The number of carbonyl (C=O) groups is 1. The van der Waals surface area contributed by atoms with Crippen molar-refractivity contribution < 1.29 is 22.7 Å². The number of rotatable bonds is 2. The molecular weight excluding hydrogens is 279 g/mol. The van der Waals surface area contributed by atoms with Crippen molar-refractivity contribution in [2.24, 2.45) is 0 Å². The van der Waals surface area contributed by atoms with E-state index >= 15 is 0 Å². The van der Waals surface area contributed by atoms with Gasteiger partial charge in [-0.2, -0.15) is 4.39 Å². The van der Waals surface area contributed by atoms with Crippen LogP contribution in [0.3, 0.4) is 0 Å². The lowest BCUT2D eigenvalue weighted by molar-refractivity contribution is 0.0590. The first-order chi connectivity index (χ1) is 6.97. The van der Waals surface area contributed by atoms with Crippen LogP contribution in [0.25, 0.3) is 0 Å². The Balaban J connectivity index is 3.34. The monoisotopic (exact) mass is 283 g/mol. The summed E-state index contributed by atoms with van der Waals surface area (Å²) in [6, 6.07) is 0.557. The third kappa shape index (κ3) is 2.47. The Kier molecular flexibility index (Phi) is 3.67. The Morgan fingerprint density at radius 1 is 1.60 bits per heavy atom. The molecule has 1 aromatic heterocycles. The molecule has 82 valence electrons. The van der Waals surface area contributed by atoms with Gasteiger partial charge in [-0.05, 0) is 15.9 Å². The van der Waals surface area contributed by atoms with Gasteiger partial charge in [0.05, 0.1) is 11.6 Å². The molecule has 1 aromatic rings. The fourth-order valence-corrected chi connectivity index (χ4v) is 1.45. The average molecular weight is 284 g/mol. The van der Waals surface area contributed by atoms with E-state index in [9.17, 15) is 18.0 Å². The lowest BCUT2D eigenvalue weighted by Crippen LogP contribution is -2.09. The quantitative estimate of drug-likeness (QED) is 0.619. The Morgan fingerprint density at radius 2 is 2.20 bits per heavy atom. The second kappa shape index (κ2) is 4.61. The summed E-state index contributed by atoms with van der Waals surface area (Å²) in [4.78, 5) is 14.2. The number of aromatic nitrogens is 1. The third-order valence-corrected chi connectivity index (χ3v) is 2.40. The number of esters is 1. The van der Waals surface area contributed by atoms with Gasteiger partial charge in [-0.15, -0.1) is 0 Å². The number of methoxy groups -OCH3 is 1. The molecule has 0 amide bonds. The average Bonchev–Trinajstić information content (AvgIpc) is 2.19. The molecule has 15 heavy (non-hydrogen) atoms. The SMILES string of the molecule is COC(=O)c1nc(F)cc(C(F)F)c1Br. The van der Waals surface area contributed by atoms with E-state index in [-0.39, 0.29) is 4.47 Å². The van der Waals surface area contributed by atoms with E-state index in [2.05, 4.69) is 25.7 Å². The van der Waals surface area contributed by atoms with Crippen molar-refractivity contribution in [3.8, 4) is 0 Å². The summed E-state index contributed by atoms with van der Waals surface area (Å²) >= 11 is 2.75. The van der Waals surface area contributed by atoms with Crippen LogP contribution in [0.2, 0.25) is 0 Å². The van der Waals surface area contributed by atoms with Gasteiger partial charge < -0.3 is 4.74 Å². The molecule has 0 saturated carbocycles. The largest absolute Gasteiger partial charge is 0.464 e. The Bertz CT molecular complexity index is 398. The molecule has 7 heteroatoms. The number of alkyl halides is 2. The number of ether oxygens (including phenoxy) is 1. The number of pyridine rings is 1. The first-order valence-corrected chi connectivity index (χ1v) is 4.49. The number of nitrogens with zero attached hydrogens (tertiary/aromatic N) is 1. The summed E-state index contributed by atoms with van der Waals surface area (Å²) in [7, 11) is 1.05. The van der Waals surface area contributed by atoms with E-state index in [4.69, 9.17) is 0 Å². The third-order valence-electron chi connectivity index (χ3n) is 1.57. The Hall–Kier alpha value is -1.11. The number of hydrogen-bond donors (Lipinski definition) is 0. The highest BCUT2D eigenvalue weighted by Gasteiger charge is 2.22. The van der Waals surface area contributed by atoms with Crippen LogP contribution < -0.4 is 0 Å².